The van der Waals surface area contributed by atoms with Gasteiger partial charge in [-0.3, -0.25) is 4.65 Å². The van der Waals surface area contributed by atoms with E-state index in [1.807, 2.05) is 0 Å². The molecule has 0 spiro atoms. The number of hydrogen-bond acceptors (Lipinski definition) is 2. The van der Waals surface area contributed by atoms with Crippen molar-refractivity contribution in [1.82, 2.24) is 0 Å². The van der Waals surface area contributed by atoms with Gasteiger partial charge in [-0.2, -0.15) is 0 Å². The summed E-state index contributed by atoms with van der Waals surface area (Å²) in [5.74, 6) is 0. The molecule has 0 radical (unpaired) electrons. The van der Waals surface area contributed by atoms with Crippen LogP contribution >= 0.6 is 0 Å². The quantitative estimate of drug-likeness (QED) is 0.320. The number of rotatable bonds is 0. The fourth-order valence-corrected chi connectivity index (χ4v) is 0.380. The summed E-state index contributed by atoms with van der Waals surface area (Å²) in [5.41, 5.74) is 0. The van der Waals surface area contributed by atoms with Gasteiger partial charge in [-0.05, 0) is 0 Å². The van der Waals surface area contributed by atoms with Gasteiger partial charge in [-0.15, -0.1) is 0 Å². The molecule has 0 saturated heterocycles. The Balaban J connectivity index is 2.77. The van der Waals surface area contributed by atoms with E-state index in [-0.39, 0.29) is 0 Å². The van der Waals surface area contributed by atoms with E-state index >= 15 is 0 Å². The summed E-state index contributed by atoms with van der Waals surface area (Å²) < 4.78 is -0.472. The molecule has 0 aromatic carbocycles. The van der Waals surface area contributed by atoms with Crippen LogP contribution in [0.5, 0.6) is 0 Å². The van der Waals surface area contributed by atoms with Crippen LogP contribution in [0.3, 0.4) is 0 Å². The Kier molecular flexibility index (Phi) is 0.736. The molecule has 0 amide bonds. The second-order valence-corrected chi connectivity index (χ2v) is 1.62. The van der Waals surface area contributed by atoms with Gasteiger partial charge in [0.15, 0.2) is 6.34 Å². The zero-order valence-electron chi connectivity index (χ0n) is 4.03. The minimum Gasteiger partial charge on any atom is -0.622 e. The summed E-state index contributed by atoms with van der Waals surface area (Å²) in [5, 5.41) is 10.6. The fourth-order valence-electron chi connectivity index (χ4n) is 0.380. The lowest BCUT2D eigenvalue weighted by molar-refractivity contribution is -0.697. The van der Waals surface area contributed by atoms with Crippen molar-refractivity contribution in [1.29, 1.82) is 0 Å². The average Bonchev–Trinajstić information content (AvgIpc) is 1.84. The molecule has 7 heavy (non-hydrogen) atoms. The fraction of sp³-hybridized carbons (Fsp3) is 0.250. The third-order valence-corrected chi connectivity index (χ3v) is 0.745. The third-order valence-electron chi connectivity index (χ3n) is 0.745. The molecule has 1 rings (SSSR count). The molecule has 1 heterocycles. The molecular formula is C4H6N2O. The Morgan fingerprint density at radius 1 is 1.71 bits per heavy atom. The molecule has 0 aliphatic carbocycles. The van der Waals surface area contributed by atoms with Crippen molar-refractivity contribution < 1.29 is 4.65 Å². The van der Waals surface area contributed by atoms with E-state index in [0.29, 0.717) is 0 Å². The van der Waals surface area contributed by atoms with Crippen LogP contribution in [0, 0.1) is 5.21 Å². The van der Waals surface area contributed by atoms with Crippen molar-refractivity contribution in [3.63, 3.8) is 0 Å². The highest BCUT2D eigenvalue weighted by Gasteiger charge is 2.03. The Hall–Kier alpha value is -0.670. The molecule has 0 bridgehead atoms. The Labute approximate surface area is 41.8 Å². The summed E-state index contributed by atoms with van der Waals surface area (Å²) in [4.78, 5) is 3.59. The lowest BCUT2D eigenvalue weighted by atomic mass is 10.8. The number of hydroxylamine groups is 3. The second-order valence-electron chi connectivity index (χ2n) is 1.62. The highest BCUT2D eigenvalue weighted by Crippen LogP contribution is 2.01. The molecule has 1 unspecified atom stereocenters. The number of nitrogens with zero attached hydrogens (tertiary/aromatic N) is 2. The van der Waals surface area contributed by atoms with Crippen LogP contribution in [0.1, 0.15) is 0 Å². The van der Waals surface area contributed by atoms with Crippen molar-refractivity contribution in [2.75, 3.05) is 7.05 Å². The Morgan fingerprint density at radius 3 is 2.57 bits per heavy atom. The van der Waals surface area contributed by atoms with Crippen molar-refractivity contribution in [2.45, 2.75) is 0 Å². The molecule has 3 heteroatoms. The maximum absolute atomic E-state index is 10.6. The Bertz CT molecular complexity index is 112. The van der Waals surface area contributed by atoms with Gasteiger partial charge in [0.1, 0.15) is 6.20 Å². The molecule has 38 valence electrons. The minimum atomic E-state index is -0.472. The molecule has 0 saturated carbocycles. The number of quaternary nitrogens is 1. The summed E-state index contributed by atoms with van der Waals surface area (Å²) in [7, 11) is 1.51. The lowest BCUT2D eigenvalue weighted by Gasteiger charge is -2.24. The monoisotopic (exact) mass is 98.0 g/mol. The zero-order valence-corrected chi connectivity index (χ0v) is 4.03. The third kappa shape index (κ3) is 0.852. The van der Waals surface area contributed by atoms with E-state index in [9.17, 15) is 5.21 Å². The smallest absolute Gasteiger partial charge is 0.194 e. The molecule has 1 aliphatic rings. The van der Waals surface area contributed by atoms with Gasteiger partial charge in [0.2, 0.25) is 0 Å². The van der Waals surface area contributed by atoms with Crippen LogP contribution in [0.15, 0.2) is 17.4 Å². The van der Waals surface area contributed by atoms with Crippen molar-refractivity contribution in [2.24, 2.45) is 4.99 Å². The van der Waals surface area contributed by atoms with Crippen molar-refractivity contribution in [3.8, 4) is 0 Å². The summed E-state index contributed by atoms with van der Waals surface area (Å²) in [6, 6.07) is 0. The molecular weight excluding hydrogens is 92.1 g/mol. The number of aliphatic imine (C=N–C) groups is 1. The second kappa shape index (κ2) is 1.15. The molecule has 0 fully saturated rings. The topological polar surface area (TPSA) is 35.4 Å². The van der Waals surface area contributed by atoms with E-state index in [1.165, 1.54) is 25.8 Å². The normalized spacial score (nSPS) is 37.4. The average molecular weight is 98.1 g/mol. The summed E-state index contributed by atoms with van der Waals surface area (Å²) >= 11 is 0. The maximum atomic E-state index is 10.6. The molecule has 1 atom stereocenters. The molecule has 0 aromatic rings. The van der Waals surface area contributed by atoms with Gasteiger partial charge in [0, 0.05) is 0 Å². The standard InChI is InChI=1S/C4H6N2O/c1-6(7)3-2-5-4-6/h2-4H,1H3. The zero-order chi connectivity index (χ0) is 5.33. The van der Waals surface area contributed by atoms with Gasteiger partial charge in [0.25, 0.3) is 0 Å². The van der Waals surface area contributed by atoms with Gasteiger partial charge in [-0.1, -0.05) is 0 Å². The van der Waals surface area contributed by atoms with Crippen LogP contribution in [-0.4, -0.2) is 18.0 Å². The van der Waals surface area contributed by atoms with Gasteiger partial charge < -0.3 is 5.21 Å². The van der Waals surface area contributed by atoms with Crippen LogP contribution < -0.4 is 0 Å². The molecule has 0 aromatic heterocycles. The first-order chi connectivity index (χ1) is 3.21. The lowest BCUT2D eigenvalue weighted by Crippen LogP contribution is -2.25. The van der Waals surface area contributed by atoms with Crippen LogP contribution in [0.25, 0.3) is 0 Å². The van der Waals surface area contributed by atoms with E-state index < -0.39 is 4.65 Å². The summed E-state index contributed by atoms with van der Waals surface area (Å²) in [6.45, 7) is 0. The van der Waals surface area contributed by atoms with E-state index in [4.69, 9.17) is 0 Å². The highest BCUT2D eigenvalue weighted by atomic mass is 16.5. The number of hydrogen-bond donors (Lipinski definition) is 0. The molecule has 3 nitrogen and oxygen atoms in total. The van der Waals surface area contributed by atoms with Gasteiger partial charge >= 0.3 is 0 Å². The van der Waals surface area contributed by atoms with E-state index in [1.54, 1.807) is 0 Å². The van der Waals surface area contributed by atoms with E-state index in [2.05, 4.69) is 4.99 Å². The largest absolute Gasteiger partial charge is 0.622 e. The first-order valence-electron chi connectivity index (χ1n) is 2.00. The summed E-state index contributed by atoms with van der Waals surface area (Å²) in [6.07, 6.45) is 4.27. The van der Waals surface area contributed by atoms with Crippen molar-refractivity contribution >= 4 is 6.34 Å². The van der Waals surface area contributed by atoms with Crippen LogP contribution in [0.4, 0.5) is 0 Å². The van der Waals surface area contributed by atoms with Crippen molar-refractivity contribution in [3.05, 3.63) is 17.6 Å². The maximum Gasteiger partial charge on any atom is 0.194 e. The predicted molar refractivity (Wildman–Crippen MR) is 27.2 cm³/mol. The molecule has 1 aliphatic heterocycles. The van der Waals surface area contributed by atoms with Crippen LogP contribution in [-0.2, 0) is 0 Å². The van der Waals surface area contributed by atoms with Crippen LogP contribution in [0.2, 0.25) is 0 Å². The Morgan fingerprint density at radius 2 is 2.43 bits per heavy atom. The highest BCUT2D eigenvalue weighted by molar-refractivity contribution is 5.50. The minimum absolute atomic E-state index is 0.472. The van der Waals surface area contributed by atoms with Gasteiger partial charge in [-0.25, -0.2) is 4.99 Å². The van der Waals surface area contributed by atoms with Gasteiger partial charge in [0.05, 0.1) is 13.2 Å². The first-order valence-corrected chi connectivity index (χ1v) is 2.00. The first kappa shape index (κ1) is 4.49. The predicted octanol–water partition coefficient (Wildman–Crippen LogP) is 0.444. The van der Waals surface area contributed by atoms with E-state index in [0.717, 1.165) is 0 Å². The SMILES string of the molecule is C[N+]1([O-])C=CN=C1. The molecule has 0 N–H and O–H groups in total.